The summed E-state index contributed by atoms with van der Waals surface area (Å²) in [6, 6.07) is 16.8. The number of carbonyl (C=O) groups is 2. The smallest absolute Gasteiger partial charge is 0.255 e. The maximum atomic E-state index is 13.0. The van der Waals surface area contributed by atoms with Crippen LogP contribution < -0.4 is 20.1 Å². The van der Waals surface area contributed by atoms with Crippen molar-refractivity contribution in [2.45, 2.75) is 19.3 Å². The average Bonchev–Trinajstić information content (AvgIpc) is 3.28. The number of nitrogens with zero attached hydrogens (tertiary/aromatic N) is 1. The van der Waals surface area contributed by atoms with Gasteiger partial charge in [0.15, 0.2) is 17.3 Å². The molecule has 0 heterocycles. The summed E-state index contributed by atoms with van der Waals surface area (Å²) in [5.74, 6) is 1.03. The number of nitrogens with one attached hydrogen (secondary N) is 2. The molecule has 0 spiro atoms. The van der Waals surface area contributed by atoms with Crippen LogP contribution in [-0.4, -0.2) is 58.0 Å². The van der Waals surface area contributed by atoms with Crippen LogP contribution in [0.2, 0.25) is 0 Å². The van der Waals surface area contributed by atoms with Gasteiger partial charge in [0, 0.05) is 35.3 Å². The van der Waals surface area contributed by atoms with Gasteiger partial charge in [-0.25, -0.2) is 0 Å². The number of para-hydroxylation sites is 1. The molecule has 3 aromatic rings. The Hall–Kier alpha value is -3.84. The molecule has 0 unspecified atom stereocenters. The van der Waals surface area contributed by atoms with Gasteiger partial charge in [0.05, 0.1) is 19.9 Å². The highest BCUT2D eigenvalue weighted by Gasteiger charge is 2.28. The molecule has 3 aromatic carbocycles. The second-order valence-electron chi connectivity index (χ2n) is 9.09. The van der Waals surface area contributed by atoms with E-state index in [-0.39, 0.29) is 11.7 Å². The number of fused-ring (bicyclic) bond motifs is 1. The number of methoxy groups -OCH3 is 2. The summed E-state index contributed by atoms with van der Waals surface area (Å²) in [4.78, 5) is 28.0. The van der Waals surface area contributed by atoms with E-state index < -0.39 is 0 Å². The summed E-state index contributed by atoms with van der Waals surface area (Å²) >= 11 is 0. The van der Waals surface area contributed by atoms with Crippen LogP contribution in [0.4, 0.5) is 11.4 Å². The predicted octanol–water partition coefficient (Wildman–Crippen LogP) is 5.12. The van der Waals surface area contributed by atoms with Gasteiger partial charge >= 0.3 is 0 Å². The number of carbonyl (C=O) groups excluding carboxylic acids is 2. The van der Waals surface area contributed by atoms with Crippen LogP contribution in [0.5, 0.6) is 11.5 Å². The Balaban J connectivity index is 1.55. The van der Waals surface area contributed by atoms with Crippen LogP contribution in [0.15, 0.2) is 54.6 Å². The first-order valence-corrected chi connectivity index (χ1v) is 12.1. The zero-order valence-corrected chi connectivity index (χ0v) is 21.3. The fourth-order valence-electron chi connectivity index (χ4n) is 4.61. The zero-order chi connectivity index (χ0) is 25.7. The van der Waals surface area contributed by atoms with Crippen molar-refractivity contribution in [1.82, 2.24) is 4.90 Å². The number of hydrogen-bond acceptors (Lipinski definition) is 6. The number of ketones is 1. The van der Waals surface area contributed by atoms with Gasteiger partial charge < -0.3 is 25.0 Å². The Morgan fingerprint density at radius 3 is 2.42 bits per heavy atom. The average molecular weight is 488 g/mol. The molecule has 0 bridgehead atoms. The number of amides is 1. The van der Waals surface area contributed by atoms with E-state index in [2.05, 4.69) is 29.6 Å². The van der Waals surface area contributed by atoms with Crippen molar-refractivity contribution in [2.24, 2.45) is 0 Å². The van der Waals surface area contributed by atoms with E-state index in [0.29, 0.717) is 41.2 Å². The monoisotopic (exact) mass is 487 g/mol. The summed E-state index contributed by atoms with van der Waals surface area (Å²) in [5, 5.41) is 6.33. The molecule has 7 nitrogen and oxygen atoms in total. The van der Waals surface area contributed by atoms with Crippen LogP contribution in [0, 0.1) is 0 Å². The third-order valence-electron chi connectivity index (χ3n) is 6.39. The molecule has 188 valence electrons. The lowest BCUT2D eigenvalue weighted by molar-refractivity contribution is 0.0995. The van der Waals surface area contributed by atoms with Crippen molar-refractivity contribution in [1.29, 1.82) is 0 Å². The standard InChI is InChI=1S/C29H33N3O4/c1-32(2)18-6-17-30-20-11-9-19(10-12-20)29(34)31-24-15-13-21(22-14-16-25(33)27(22)24)23-7-5-8-26(35-3)28(23)36-4/h5,7-13,15,30H,6,14,16-18H2,1-4H3,(H,31,34). The molecular weight excluding hydrogens is 454 g/mol. The second-order valence-corrected chi connectivity index (χ2v) is 9.09. The van der Waals surface area contributed by atoms with E-state index in [1.165, 1.54) is 0 Å². The first-order valence-electron chi connectivity index (χ1n) is 12.1. The molecular formula is C29H33N3O4. The lowest BCUT2D eigenvalue weighted by atomic mass is 9.94. The molecule has 1 aliphatic rings. The molecule has 2 N–H and O–H groups in total. The number of anilines is 2. The van der Waals surface area contributed by atoms with Crippen molar-refractivity contribution in [3.8, 4) is 22.6 Å². The molecule has 0 atom stereocenters. The number of rotatable bonds is 10. The number of benzene rings is 3. The Kier molecular flexibility index (Phi) is 7.90. The first kappa shape index (κ1) is 25.3. The summed E-state index contributed by atoms with van der Waals surface area (Å²) in [6.45, 7) is 1.88. The molecule has 0 saturated carbocycles. The van der Waals surface area contributed by atoms with Gasteiger partial charge in [-0.05, 0) is 81.0 Å². The molecule has 7 heteroatoms. The fraction of sp³-hybridized carbons (Fsp3) is 0.310. The van der Waals surface area contributed by atoms with E-state index in [0.717, 1.165) is 41.9 Å². The molecule has 0 aromatic heterocycles. The van der Waals surface area contributed by atoms with Gasteiger partial charge in [0.1, 0.15) is 0 Å². The van der Waals surface area contributed by atoms with Gasteiger partial charge in [-0.3, -0.25) is 9.59 Å². The Labute approximate surface area is 212 Å². The summed E-state index contributed by atoms with van der Waals surface area (Å²) in [5.41, 5.74) is 5.30. The minimum Gasteiger partial charge on any atom is -0.493 e. The normalized spacial score (nSPS) is 12.4. The van der Waals surface area contributed by atoms with Gasteiger partial charge in [0.25, 0.3) is 5.91 Å². The SMILES string of the molecule is COc1cccc(-c2ccc(NC(=O)c3ccc(NCCCN(C)C)cc3)c3c2CCC3=O)c1OC. The third kappa shape index (κ3) is 5.36. The van der Waals surface area contributed by atoms with Gasteiger partial charge in [0.2, 0.25) is 0 Å². The lowest BCUT2D eigenvalue weighted by Crippen LogP contribution is -2.16. The number of ether oxygens (including phenoxy) is 2. The predicted molar refractivity (Wildman–Crippen MR) is 144 cm³/mol. The van der Waals surface area contributed by atoms with Gasteiger partial charge in [-0.1, -0.05) is 18.2 Å². The highest BCUT2D eigenvalue weighted by atomic mass is 16.5. The third-order valence-corrected chi connectivity index (χ3v) is 6.39. The van der Waals surface area contributed by atoms with Gasteiger partial charge in [-0.2, -0.15) is 0 Å². The van der Waals surface area contributed by atoms with Crippen LogP contribution >= 0.6 is 0 Å². The highest BCUT2D eigenvalue weighted by molar-refractivity contribution is 6.12. The lowest BCUT2D eigenvalue weighted by Gasteiger charge is -2.17. The largest absolute Gasteiger partial charge is 0.493 e. The molecule has 36 heavy (non-hydrogen) atoms. The van der Waals surface area contributed by atoms with Crippen molar-refractivity contribution >= 4 is 23.1 Å². The minimum atomic E-state index is -0.247. The number of hydrogen-bond donors (Lipinski definition) is 2. The quantitative estimate of drug-likeness (QED) is 0.387. The van der Waals surface area contributed by atoms with E-state index in [1.807, 2.05) is 36.4 Å². The molecule has 1 amide bonds. The zero-order valence-electron chi connectivity index (χ0n) is 21.3. The molecule has 1 aliphatic carbocycles. The van der Waals surface area contributed by atoms with Crippen LogP contribution in [0.3, 0.4) is 0 Å². The summed E-state index contributed by atoms with van der Waals surface area (Å²) in [7, 11) is 7.31. The number of Topliss-reactive ketones (excluding diaryl/α,β-unsaturated/α-hetero) is 1. The van der Waals surface area contributed by atoms with Crippen molar-refractivity contribution in [3.63, 3.8) is 0 Å². The Morgan fingerprint density at radius 2 is 1.72 bits per heavy atom. The van der Waals surface area contributed by atoms with Gasteiger partial charge in [-0.15, -0.1) is 0 Å². The second kappa shape index (κ2) is 11.3. The maximum absolute atomic E-state index is 13.0. The van der Waals surface area contributed by atoms with Crippen molar-refractivity contribution < 1.29 is 19.1 Å². The molecule has 4 rings (SSSR count). The summed E-state index contributed by atoms with van der Waals surface area (Å²) in [6.07, 6.45) is 2.06. The van der Waals surface area contributed by atoms with Crippen LogP contribution in [0.1, 0.15) is 39.1 Å². The fourth-order valence-corrected chi connectivity index (χ4v) is 4.61. The summed E-state index contributed by atoms with van der Waals surface area (Å²) < 4.78 is 11.1. The highest BCUT2D eigenvalue weighted by Crippen LogP contribution is 2.43. The van der Waals surface area contributed by atoms with E-state index in [4.69, 9.17) is 9.47 Å². The van der Waals surface area contributed by atoms with E-state index >= 15 is 0 Å². The first-order chi connectivity index (χ1) is 17.4. The van der Waals surface area contributed by atoms with Crippen molar-refractivity contribution in [2.75, 3.05) is 52.0 Å². The van der Waals surface area contributed by atoms with E-state index in [9.17, 15) is 9.59 Å². The van der Waals surface area contributed by atoms with E-state index in [1.54, 1.807) is 32.4 Å². The Morgan fingerprint density at radius 1 is 0.944 bits per heavy atom. The maximum Gasteiger partial charge on any atom is 0.255 e. The van der Waals surface area contributed by atoms with Crippen molar-refractivity contribution in [3.05, 3.63) is 71.3 Å². The molecule has 0 saturated heterocycles. The topological polar surface area (TPSA) is 79.9 Å². The van der Waals surface area contributed by atoms with Crippen LogP contribution in [-0.2, 0) is 6.42 Å². The van der Waals surface area contributed by atoms with Crippen LogP contribution in [0.25, 0.3) is 11.1 Å². The minimum absolute atomic E-state index is 0.0290. The molecule has 0 radical (unpaired) electrons. The molecule has 0 aliphatic heterocycles. The Bertz CT molecular complexity index is 1250. The molecule has 0 fully saturated rings.